The molecule has 3 nitrogen and oxygen atoms in total. The van der Waals surface area contributed by atoms with Crippen molar-refractivity contribution in [2.45, 2.75) is 6.92 Å². The van der Waals surface area contributed by atoms with Gasteiger partial charge in [-0.1, -0.05) is 11.8 Å². The first-order valence-electron chi connectivity index (χ1n) is 3.59. The molecular formula is C8H8BrNO2Zn. The summed E-state index contributed by atoms with van der Waals surface area (Å²) in [5, 5.41) is 0. The first-order chi connectivity index (χ1) is 6.34. The fraction of sp³-hybridized carbons (Fsp3) is 0.250. The van der Waals surface area contributed by atoms with Crippen LogP contribution in [0.2, 0.25) is 0 Å². The summed E-state index contributed by atoms with van der Waals surface area (Å²) in [6.45, 7) is 2.14. The third-order valence-corrected chi connectivity index (χ3v) is 1.11. The van der Waals surface area contributed by atoms with E-state index in [2.05, 4.69) is 24.7 Å². The molecule has 0 atom stereocenters. The number of halogens is 1. The standard InChI is InChI=1S/C8H8NO2.BrH.Zn/c1-2-11-8(10)7-4-3-5-9-6-7;;/h4-6H,2H2,1H3;1H;/q-1;;+2/p-1. The molecule has 1 aromatic heterocycles. The van der Waals surface area contributed by atoms with Gasteiger partial charge in [0, 0.05) is 0 Å². The number of pyridine rings is 1. The van der Waals surface area contributed by atoms with E-state index >= 15 is 0 Å². The van der Waals surface area contributed by atoms with Gasteiger partial charge < -0.3 is 9.72 Å². The first-order valence-corrected chi connectivity index (χ1v) is 10.5. The molecule has 5 heteroatoms. The monoisotopic (exact) mass is 293 g/mol. The SMILES string of the molecule is CCOC(=O)c1c[c-]cnc1.[Zn+][Br]. The van der Waals surface area contributed by atoms with Gasteiger partial charge in [-0.05, 0) is 13.1 Å². The molecule has 0 amide bonds. The van der Waals surface area contributed by atoms with Gasteiger partial charge in [0.15, 0.2) is 0 Å². The maximum atomic E-state index is 11.0. The molecule has 0 spiro atoms. The molecule has 1 rings (SSSR count). The van der Waals surface area contributed by atoms with E-state index in [9.17, 15) is 4.79 Å². The normalized spacial score (nSPS) is 8.31. The molecule has 0 radical (unpaired) electrons. The van der Waals surface area contributed by atoms with Gasteiger partial charge in [-0.2, -0.15) is 0 Å². The Morgan fingerprint density at radius 1 is 1.77 bits per heavy atom. The molecule has 1 heterocycles. The van der Waals surface area contributed by atoms with Crippen molar-refractivity contribution in [2.75, 3.05) is 6.61 Å². The Morgan fingerprint density at radius 3 is 2.92 bits per heavy atom. The summed E-state index contributed by atoms with van der Waals surface area (Å²) in [6, 6.07) is 4.23. The Morgan fingerprint density at radius 2 is 2.46 bits per heavy atom. The number of carbonyl (C=O) groups is 1. The molecule has 66 valence electrons. The van der Waals surface area contributed by atoms with E-state index in [1.807, 2.05) is 0 Å². The summed E-state index contributed by atoms with van der Waals surface area (Å²) in [7, 11) is 0. The molecule has 0 aliphatic carbocycles. The molecule has 0 aliphatic rings. The summed E-state index contributed by atoms with van der Waals surface area (Å²) in [5.74, 6) is -0.350. The van der Waals surface area contributed by atoms with Gasteiger partial charge in [0.25, 0.3) is 5.97 Å². The predicted octanol–water partition coefficient (Wildman–Crippen LogP) is 1.90. The van der Waals surface area contributed by atoms with Crippen LogP contribution in [0.25, 0.3) is 0 Å². The van der Waals surface area contributed by atoms with Crippen LogP contribution in [0.3, 0.4) is 0 Å². The van der Waals surface area contributed by atoms with Crippen molar-refractivity contribution in [1.82, 2.24) is 4.98 Å². The van der Waals surface area contributed by atoms with Crippen LogP contribution in [-0.2, 0) is 21.1 Å². The van der Waals surface area contributed by atoms with Crippen molar-refractivity contribution in [3.8, 4) is 0 Å². The van der Waals surface area contributed by atoms with Crippen LogP contribution in [0, 0.1) is 6.07 Å². The molecular weight excluding hydrogens is 287 g/mol. The van der Waals surface area contributed by atoms with Crippen LogP contribution in [0.1, 0.15) is 17.3 Å². The Kier molecular flexibility index (Phi) is 8.15. The number of aromatic nitrogens is 1. The second-order valence-corrected chi connectivity index (χ2v) is 1.89. The number of rotatable bonds is 2. The molecule has 0 aromatic carbocycles. The summed E-state index contributed by atoms with van der Waals surface area (Å²) >= 11 is 4.25. The van der Waals surface area contributed by atoms with Crippen LogP contribution < -0.4 is 0 Å². The predicted molar refractivity (Wildman–Crippen MR) is 48.0 cm³/mol. The number of esters is 1. The van der Waals surface area contributed by atoms with Crippen LogP contribution >= 0.6 is 13.6 Å². The fourth-order valence-electron chi connectivity index (χ4n) is 0.651. The van der Waals surface area contributed by atoms with Gasteiger partial charge in [-0.15, -0.1) is 0 Å². The third-order valence-electron chi connectivity index (χ3n) is 1.11. The van der Waals surface area contributed by atoms with E-state index in [0.717, 1.165) is 0 Å². The zero-order chi connectivity index (χ0) is 10.1. The zero-order valence-corrected chi connectivity index (χ0v) is 11.8. The van der Waals surface area contributed by atoms with Crippen molar-refractivity contribution >= 4 is 19.6 Å². The zero-order valence-electron chi connectivity index (χ0n) is 7.29. The van der Waals surface area contributed by atoms with E-state index in [-0.39, 0.29) is 5.97 Å². The quantitative estimate of drug-likeness (QED) is 0.475. The van der Waals surface area contributed by atoms with Crippen LogP contribution in [0.15, 0.2) is 18.5 Å². The third kappa shape index (κ3) is 5.11. The van der Waals surface area contributed by atoms with Gasteiger partial charge in [0.1, 0.15) is 0 Å². The van der Waals surface area contributed by atoms with Crippen molar-refractivity contribution < 1.29 is 25.9 Å². The van der Waals surface area contributed by atoms with Crippen molar-refractivity contribution in [1.29, 1.82) is 0 Å². The van der Waals surface area contributed by atoms with Crippen LogP contribution in [-0.4, -0.2) is 17.6 Å². The molecule has 0 fully saturated rings. The average molecular weight is 295 g/mol. The van der Waals surface area contributed by atoms with Gasteiger partial charge >= 0.3 is 30.0 Å². The minimum atomic E-state index is -0.350. The molecule has 0 saturated heterocycles. The van der Waals surface area contributed by atoms with Gasteiger partial charge in [0.2, 0.25) is 0 Å². The number of carbonyl (C=O) groups excluding carboxylic acids is 1. The number of ether oxygens (including phenoxy) is 1. The van der Waals surface area contributed by atoms with E-state index < -0.39 is 0 Å². The fourth-order valence-corrected chi connectivity index (χ4v) is 0.651. The number of nitrogens with zero attached hydrogens (tertiary/aromatic N) is 1. The minimum absolute atomic E-state index is 0.350. The molecule has 1 aromatic rings. The Bertz CT molecular complexity index is 243. The second-order valence-electron chi connectivity index (χ2n) is 1.89. The molecule has 0 saturated carbocycles. The number of hydrogen-bond donors (Lipinski definition) is 0. The molecule has 0 bridgehead atoms. The van der Waals surface area contributed by atoms with Crippen molar-refractivity contribution in [3.63, 3.8) is 0 Å². The topological polar surface area (TPSA) is 39.2 Å². The Balaban J connectivity index is 0.000000671. The summed E-state index contributed by atoms with van der Waals surface area (Å²) in [4.78, 5) is 14.7. The van der Waals surface area contributed by atoms with Gasteiger partial charge in [-0.25, -0.2) is 12.1 Å². The Labute approximate surface area is 93.9 Å². The second kappa shape index (κ2) is 8.33. The first kappa shape index (κ1) is 12.7. The van der Waals surface area contributed by atoms with Gasteiger partial charge in [-0.3, -0.25) is 4.79 Å². The van der Waals surface area contributed by atoms with E-state index in [4.69, 9.17) is 4.74 Å². The summed E-state index contributed by atoms with van der Waals surface area (Å²) < 4.78 is 4.73. The maximum absolute atomic E-state index is 11.0. The molecule has 0 unspecified atom stereocenters. The number of hydrogen-bond acceptors (Lipinski definition) is 3. The van der Waals surface area contributed by atoms with E-state index in [1.165, 1.54) is 28.7 Å². The van der Waals surface area contributed by atoms with Crippen LogP contribution in [0.5, 0.6) is 0 Å². The van der Waals surface area contributed by atoms with Crippen molar-refractivity contribution in [2.24, 2.45) is 0 Å². The van der Waals surface area contributed by atoms with E-state index in [1.54, 1.807) is 13.0 Å². The van der Waals surface area contributed by atoms with Crippen molar-refractivity contribution in [3.05, 3.63) is 30.1 Å². The van der Waals surface area contributed by atoms with Gasteiger partial charge in [0.05, 0.1) is 6.61 Å². The molecule has 0 N–H and O–H groups in total. The van der Waals surface area contributed by atoms with Crippen LogP contribution in [0.4, 0.5) is 0 Å². The summed E-state index contributed by atoms with van der Waals surface area (Å²) in [5.41, 5.74) is 0.439. The Hall–Kier alpha value is -0.277. The van der Waals surface area contributed by atoms with E-state index in [0.29, 0.717) is 12.2 Å². The molecule has 0 aliphatic heterocycles. The molecule has 13 heavy (non-hydrogen) atoms. The average Bonchev–Trinajstić information content (AvgIpc) is 2.23. The summed E-state index contributed by atoms with van der Waals surface area (Å²) in [6.07, 6.45) is 2.94.